The van der Waals surface area contributed by atoms with Crippen LogP contribution in [0.15, 0.2) is 75.6 Å². The molecule has 0 radical (unpaired) electrons. The van der Waals surface area contributed by atoms with E-state index in [4.69, 9.17) is 21.7 Å². The zero-order valence-electron chi connectivity index (χ0n) is 15.2. The van der Waals surface area contributed by atoms with Crippen molar-refractivity contribution in [1.29, 1.82) is 5.41 Å². The highest BCUT2D eigenvalue weighted by Gasteiger charge is 2.30. The summed E-state index contributed by atoms with van der Waals surface area (Å²) >= 11 is 9.39. The summed E-state index contributed by atoms with van der Waals surface area (Å²) < 4.78 is 5.78. The van der Waals surface area contributed by atoms with E-state index in [2.05, 4.69) is 17.1 Å². The molecular weight excluding hydrogens is 426 g/mol. The van der Waals surface area contributed by atoms with Crippen LogP contribution in [-0.4, -0.2) is 34.2 Å². The summed E-state index contributed by atoms with van der Waals surface area (Å²) in [4.78, 5) is 19.1. The summed E-state index contributed by atoms with van der Waals surface area (Å²) in [5.41, 5.74) is 0.938. The average molecular weight is 442 g/mol. The third-order valence-corrected chi connectivity index (χ3v) is 6.16. The van der Waals surface area contributed by atoms with E-state index in [0.717, 1.165) is 5.75 Å². The number of thioether (sulfide) groups is 2. The van der Waals surface area contributed by atoms with E-state index in [1.54, 1.807) is 46.5 Å². The van der Waals surface area contributed by atoms with Crippen molar-refractivity contribution < 1.29 is 9.53 Å². The third-order valence-electron chi connectivity index (χ3n) is 4.13. The molecular formula is C21H16ClN3O2S2. The summed E-state index contributed by atoms with van der Waals surface area (Å²) in [7, 11) is 0. The second kappa shape index (κ2) is 8.90. The Morgan fingerprint density at radius 2 is 2.07 bits per heavy atom. The van der Waals surface area contributed by atoms with Crippen LogP contribution in [0.1, 0.15) is 5.56 Å². The first kappa shape index (κ1) is 19.8. The Morgan fingerprint density at radius 1 is 1.24 bits per heavy atom. The largest absolute Gasteiger partial charge is 0.491 e. The molecule has 2 aromatic rings. The van der Waals surface area contributed by atoms with E-state index >= 15 is 0 Å². The van der Waals surface area contributed by atoms with Gasteiger partial charge in [0.2, 0.25) is 0 Å². The van der Waals surface area contributed by atoms with Crippen LogP contribution in [0.2, 0.25) is 5.02 Å². The molecule has 29 heavy (non-hydrogen) atoms. The molecule has 0 saturated carbocycles. The minimum absolute atomic E-state index is 0.107. The number of hydrogen-bond acceptors (Lipinski definition) is 5. The van der Waals surface area contributed by atoms with Gasteiger partial charge in [0.15, 0.2) is 5.17 Å². The fraction of sp³-hybridized carbons (Fsp3) is 0.0952. The Bertz CT molecular complexity index is 1050. The number of halogens is 1. The first-order valence-electron chi connectivity index (χ1n) is 8.78. The van der Waals surface area contributed by atoms with Gasteiger partial charge in [-0.05, 0) is 41.3 Å². The molecule has 5 nitrogen and oxygen atoms in total. The first-order valence-corrected chi connectivity index (χ1v) is 11.0. The molecule has 2 aliphatic rings. The number of carbonyl (C=O) groups excluding carboxylic acids is 1. The number of carbonyl (C=O) groups is 1. The maximum atomic E-state index is 12.3. The lowest BCUT2D eigenvalue weighted by Crippen LogP contribution is -2.35. The van der Waals surface area contributed by atoms with Gasteiger partial charge in [0.1, 0.15) is 11.6 Å². The smallest absolute Gasteiger partial charge is 0.283 e. The molecule has 0 fully saturated rings. The zero-order chi connectivity index (χ0) is 20.2. The van der Waals surface area contributed by atoms with Gasteiger partial charge in [0.25, 0.3) is 5.91 Å². The number of rotatable bonds is 6. The minimum atomic E-state index is -0.424. The summed E-state index contributed by atoms with van der Waals surface area (Å²) in [5, 5.41) is 11.0. The topological polar surface area (TPSA) is 65.8 Å². The monoisotopic (exact) mass is 441 g/mol. The molecule has 1 N–H and O–H groups in total. The van der Waals surface area contributed by atoms with Gasteiger partial charge in [-0.3, -0.25) is 15.1 Å². The number of fused-ring (bicyclic) bond motifs is 1. The molecule has 0 saturated heterocycles. The van der Waals surface area contributed by atoms with Crippen LogP contribution < -0.4 is 4.74 Å². The number of aliphatic imine (C=N–C) groups is 1. The lowest BCUT2D eigenvalue weighted by atomic mass is 10.1. The molecule has 146 valence electrons. The molecule has 0 aromatic heterocycles. The highest BCUT2D eigenvalue weighted by atomic mass is 35.5. The highest BCUT2D eigenvalue weighted by Crippen LogP contribution is 2.30. The van der Waals surface area contributed by atoms with Crippen molar-refractivity contribution in [1.82, 2.24) is 4.90 Å². The van der Waals surface area contributed by atoms with Crippen LogP contribution >= 0.6 is 35.1 Å². The zero-order valence-corrected chi connectivity index (χ0v) is 17.6. The number of nitrogens with one attached hydrogen (secondary N) is 1. The van der Waals surface area contributed by atoms with Crippen molar-refractivity contribution >= 4 is 58.1 Å². The van der Waals surface area contributed by atoms with Crippen molar-refractivity contribution in [3.05, 3.63) is 76.3 Å². The van der Waals surface area contributed by atoms with Gasteiger partial charge in [-0.1, -0.05) is 47.6 Å². The highest BCUT2D eigenvalue weighted by molar-refractivity contribution is 8.16. The average Bonchev–Trinajstić information content (AvgIpc) is 3.19. The molecule has 2 heterocycles. The van der Waals surface area contributed by atoms with Crippen LogP contribution in [0, 0.1) is 5.41 Å². The van der Waals surface area contributed by atoms with Gasteiger partial charge in [0.05, 0.1) is 17.2 Å². The predicted molar refractivity (Wildman–Crippen MR) is 121 cm³/mol. The molecule has 0 bridgehead atoms. The Labute approximate surface area is 182 Å². The standard InChI is InChI=1S/C21H16ClN3O2S2/c22-17-13-14(12-16-19(23)25-8-10-29-21(25)24-20(16)26)6-7-18(17)27-9-11-28-15-4-2-1-3-5-15/h1-8,10,12-13,23H,9,11H2/b16-12-,23-19?. The number of amides is 1. The van der Waals surface area contributed by atoms with Gasteiger partial charge < -0.3 is 4.74 Å². The molecule has 2 aliphatic heterocycles. The second-order valence-electron chi connectivity index (χ2n) is 6.08. The van der Waals surface area contributed by atoms with E-state index < -0.39 is 5.91 Å². The molecule has 0 spiro atoms. The lowest BCUT2D eigenvalue weighted by Gasteiger charge is -2.22. The van der Waals surface area contributed by atoms with Crippen molar-refractivity contribution in [3.8, 4) is 5.75 Å². The van der Waals surface area contributed by atoms with Gasteiger partial charge >= 0.3 is 0 Å². The number of nitrogens with zero attached hydrogens (tertiary/aromatic N) is 2. The van der Waals surface area contributed by atoms with Crippen molar-refractivity contribution in [3.63, 3.8) is 0 Å². The van der Waals surface area contributed by atoms with E-state index in [0.29, 0.717) is 28.1 Å². The SMILES string of the molecule is N=C1/C(=C/c2ccc(OCCSc3ccccc3)c(Cl)c2)C(=O)N=C2SC=CN12. The molecule has 0 aliphatic carbocycles. The Hall–Kier alpha value is -2.48. The van der Waals surface area contributed by atoms with Gasteiger partial charge in [0, 0.05) is 16.8 Å². The lowest BCUT2D eigenvalue weighted by molar-refractivity contribution is -0.114. The Morgan fingerprint density at radius 3 is 2.86 bits per heavy atom. The van der Waals surface area contributed by atoms with Crippen molar-refractivity contribution in [2.24, 2.45) is 4.99 Å². The van der Waals surface area contributed by atoms with Crippen molar-refractivity contribution in [2.75, 3.05) is 12.4 Å². The fourth-order valence-electron chi connectivity index (χ4n) is 2.75. The molecule has 2 aromatic carbocycles. The van der Waals surface area contributed by atoms with Crippen molar-refractivity contribution in [2.45, 2.75) is 4.90 Å². The fourth-order valence-corrected chi connectivity index (χ4v) is 4.45. The van der Waals surface area contributed by atoms with Crippen LogP contribution in [-0.2, 0) is 4.79 Å². The summed E-state index contributed by atoms with van der Waals surface area (Å²) in [6, 6.07) is 15.5. The maximum absolute atomic E-state index is 12.3. The summed E-state index contributed by atoms with van der Waals surface area (Å²) in [6.07, 6.45) is 3.35. The third kappa shape index (κ3) is 4.58. The van der Waals surface area contributed by atoms with Crippen LogP contribution in [0.4, 0.5) is 0 Å². The van der Waals surface area contributed by atoms with Gasteiger partial charge in [-0.15, -0.1) is 11.8 Å². The quantitative estimate of drug-likeness (QED) is 0.375. The minimum Gasteiger partial charge on any atom is -0.491 e. The molecule has 0 atom stereocenters. The van der Waals surface area contributed by atoms with Crippen LogP contribution in [0.5, 0.6) is 5.75 Å². The molecule has 8 heteroatoms. The summed E-state index contributed by atoms with van der Waals surface area (Å²) in [6.45, 7) is 0.527. The molecule has 1 amide bonds. The van der Waals surface area contributed by atoms with E-state index in [9.17, 15) is 4.79 Å². The first-order chi connectivity index (χ1) is 14.1. The number of amidine groups is 2. The Balaban J connectivity index is 1.41. The van der Waals surface area contributed by atoms with Crippen LogP contribution in [0.25, 0.3) is 6.08 Å². The second-order valence-corrected chi connectivity index (χ2v) is 8.53. The Kier molecular flexibility index (Phi) is 6.08. The van der Waals surface area contributed by atoms with E-state index in [-0.39, 0.29) is 11.4 Å². The van der Waals surface area contributed by atoms with Gasteiger partial charge in [-0.25, -0.2) is 0 Å². The van der Waals surface area contributed by atoms with E-state index in [1.807, 2.05) is 24.3 Å². The van der Waals surface area contributed by atoms with E-state index in [1.165, 1.54) is 16.7 Å². The number of hydrogen-bond donors (Lipinski definition) is 1. The summed E-state index contributed by atoms with van der Waals surface area (Å²) in [5.74, 6) is 1.08. The number of ether oxygens (including phenoxy) is 1. The van der Waals surface area contributed by atoms with Crippen LogP contribution in [0.3, 0.4) is 0 Å². The molecule has 0 unspecified atom stereocenters. The maximum Gasteiger partial charge on any atom is 0.283 e. The molecule has 4 rings (SSSR count). The van der Waals surface area contributed by atoms with Gasteiger partial charge in [-0.2, -0.15) is 4.99 Å². The number of benzene rings is 2. The predicted octanol–water partition coefficient (Wildman–Crippen LogP) is 5.29. The normalized spacial score (nSPS) is 16.9.